The Bertz CT molecular complexity index is 448. The normalized spacial score (nSPS) is 15.7. The molecule has 17 heavy (non-hydrogen) atoms. The zero-order chi connectivity index (χ0) is 12.6. The van der Waals surface area contributed by atoms with Crippen LogP contribution in [0.3, 0.4) is 0 Å². The zero-order valence-electron chi connectivity index (χ0n) is 10.3. The van der Waals surface area contributed by atoms with Crippen molar-refractivity contribution in [2.24, 2.45) is 0 Å². The average Bonchev–Trinajstić information content (AvgIpc) is 2.99. The maximum absolute atomic E-state index is 11.0. The molecule has 1 fully saturated rings. The number of hydrogen-bond acceptors (Lipinski definition) is 4. The molecule has 0 unspecified atom stereocenters. The molecular formula is C12H16N2O3. The molecule has 1 saturated carbocycles. The molecule has 0 radical (unpaired) electrons. The zero-order valence-corrected chi connectivity index (χ0v) is 10.3. The number of hydrogen-bond donors (Lipinski definition) is 0. The van der Waals surface area contributed by atoms with Crippen molar-refractivity contribution in [3.05, 3.63) is 27.9 Å². The fourth-order valence-corrected chi connectivity index (χ4v) is 1.74. The van der Waals surface area contributed by atoms with E-state index in [2.05, 4.69) is 4.98 Å². The molecule has 5 nitrogen and oxygen atoms in total. The lowest BCUT2D eigenvalue weighted by atomic mass is 9.86. The Hall–Kier alpha value is -1.65. The van der Waals surface area contributed by atoms with Gasteiger partial charge in [-0.05, 0) is 28.2 Å². The summed E-state index contributed by atoms with van der Waals surface area (Å²) in [6.07, 6.45) is 3.71. The number of aromatic nitrogens is 1. The van der Waals surface area contributed by atoms with Crippen molar-refractivity contribution < 1.29 is 9.66 Å². The van der Waals surface area contributed by atoms with Gasteiger partial charge >= 0.3 is 5.82 Å². The largest absolute Gasteiger partial charge is 0.490 e. The van der Waals surface area contributed by atoms with Gasteiger partial charge in [0.2, 0.25) is 0 Å². The maximum atomic E-state index is 11.0. The Balaban J connectivity index is 2.49. The van der Waals surface area contributed by atoms with Crippen LogP contribution in [0.1, 0.15) is 39.2 Å². The second kappa shape index (κ2) is 3.98. The van der Waals surface area contributed by atoms with Gasteiger partial charge in [0.1, 0.15) is 11.9 Å². The van der Waals surface area contributed by atoms with E-state index >= 15 is 0 Å². The number of nitro groups is 1. The summed E-state index contributed by atoms with van der Waals surface area (Å²) >= 11 is 0. The molecule has 0 bridgehead atoms. The van der Waals surface area contributed by atoms with Gasteiger partial charge in [-0.3, -0.25) is 0 Å². The smallest absolute Gasteiger partial charge is 0.370 e. The van der Waals surface area contributed by atoms with E-state index in [4.69, 9.17) is 4.74 Å². The van der Waals surface area contributed by atoms with Crippen molar-refractivity contribution in [1.29, 1.82) is 0 Å². The minimum Gasteiger partial charge on any atom is -0.490 e. The quantitative estimate of drug-likeness (QED) is 0.598. The molecular weight excluding hydrogens is 220 g/mol. The Morgan fingerprint density at radius 3 is 2.59 bits per heavy atom. The van der Waals surface area contributed by atoms with Gasteiger partial charge < -0.3 is 14.9 Å². The van der Waals surface area contributed by atoms with Crippen LogP contribution in [0.4, 0.5) is 5.82 Å². The molecule has 2 rings (SSSR count). The SMILES string of the molecule is CC(C)(C)c1c(OC2CC2)ccnc1[N+](=O)[O-]. The number of rotatable bonds is 3. The van der Waals surface area contributed by atoms with Crippen LogP contribution < -0.4 is 4.74 Å². The van der Waals surface area contributed by atoms with Crippen LogP contribution in [0.2, 0.25) is 0 Å². The highest BCUT2D eigenvalue weighted by molar-refractivity contribution is 5.48. The van der Waals surface area contributed by atoms with Crippen LogP contribution in [0.25, 0.3) is 0 Å². The summed E-state index contributed by atoms with van der Waals surface area (Å²) in [6, 6.07) is 1.71. The van der Waals surface area contributed by atoms with Crippen molar-refractivity contribution in [3.8, 4) is 5.75 Å². The molecule has 5 heteroatoms. The summed E-state index contributed by atoms with van der Waals surface area (Å²) in [5.74, 6) is 0.498. The fourth-order valence-electron chi connectivity index (χ4n) is 1.74. The summed E-state index contributed by atoms with van der Waals surface area (Å²) in [7, 11) is 0. The monoisotopic (exact) mass is 236 g/mol. The van der Waals surface area contributed by atoms with Crippen molar-refractivity contribution in [3.63, 3.8) is 0 Å². The van der Waals surface area contributed by atoms with E-state index in [1.54, 1.807) is 6.07 Å². The maximum Gasteiger partial charge on any atom is 0.370 e. The van der Waals surface area contributed by atoms with Crippen LogP contribution in [0, 0.1) is 10.1 Å². The average molecular weight is 236 g/mol. The third-order valence-electron chi connectivity index (χ3n) is 2.63. The molecule has 0 amide bonds. The minimum absolute atomic E-state index is 0.101. The Morgan fingerprint density at radius 1 is 1.47 bits per heavy atom. The highest BCUT2D eigenvalue weighted by atomic mass is 16.6. The lowest BCUT2D eigenvalue weighted by molar-refractivity contribution is -0.390. The summed E-state index contributed by atoms with van der Waals surface area (Å²) in [4.78, 5) is 14.4. The first-order valence-corrected chi connectivity index (χ1v) is 5.70. The lowest BCUT2D eigenvalue weighted by Crippen LogP contribution is -2.17. The van der Waals surface area contributed by atoms with E-state index in [0.29, 0.717) is 11.3 Å². The van der Waals surface area contributed by atoms with Crippen LogP contribution in [-0.4, -0.2) is 16.0 Å². The van der Waals surface area contributed by atoms with Crippen LogP contribution >= 0.6 is 0 Å². The first-order valence-electron chi connectivity index (χ1n) is 5.70. The number of pyridine rings is 1. The summed E-state index contributed by atoms with van der Waals surface area (Å²) in [6.45, 7) is 5.78. The standard InChI is InChI=1S/C12H16N2O3/c1-12(2,3)10-9(17-8-4-5-8)6-7-13-11(10)14(15)16/h6-8H,4-5H2,1-3H3. The summed E-state index contributed by atoms with van der Waals surface area (Å²) < 4.78 is 5.73. The molecule has 0 atom stereocenters. The number of nitrogens with zero attached hydrogens (tertiary/aromatic N) is 2. The fraction of sp³-hybridized carbons (Fsp3) is 0.583. The van der Waals surface area contributed by atoms with Gasteiger partial charge in [-0.2, -0.15) is 0 Å². The topological polar surface area (TPSA) is 65.3 Å². The third kappa shape index (κ3) is 2.54. The summed E-state index contributed by atoms with van der Waals surface area (Å²) in [5, 5.41) is 11.0. The van der Waals surface area contributed by atoms with Crippen molar-refractivity contribution in [2.45, 2.75) is 45.1 Å². The van der Waals surface area contributed by atoms with E-state index < -0.39 is 4.92 Å². The highest BCUT2D eigenvalue weighted by Crippen LogP contribution is 2.39. The molecule has 1 aliphatic carbocycles. The molecule has 1 heterocycles. The van der Waals surface area contributed by atoms with Gasteiger partial charge in [0.05, 0.1) is 11.7 Å². The minimum atomic E-state index is -0.444. The second-order valence-electron chi connectivity index (χ2n) is 5.33. The van der Waals surface area contributed by atoms with Gasteiger partial charge in [0.15, 0.2) is 0 Å². The van der Waals surface area contributed by atoms with Gasteiger partial charge in [-0.15, -0.1) is 0 Å². The first kappa shape index (κ1) is 11.8. The molecule has 0 aromatic carbocycles. The lowest BCUT2D eigenvalue weighted by Gasteiger charge is -2.21. The van der Waals surface area contributed by atoms with Crippen LogP contribution in [0.5, 0.6) is 5.75 Å². The van der Waals surface area contributed by atoms with E-state index in [9.17, 15) is 10.1 Å². The predicted octanol–water partition coefficient (Wildman–Crippen LogP) is 2.83. The van der Waals surface area contributed by atoms with Gasteiger partial charge in [-0.25, -0.2) is 0 Å². The Labute approximate surface area is 100.0 Å². The Kier molecular flexibility index (Phi) is 2.77. The van der Waals surface area contributed by atoms with Crippen molar-refractivity contribution in [1.82, 2.24) is 4.98 Å². The molecule has 0 aliphatic heterocycles. The van der Waals surface area contributed by atoms with Crippen molar-refractivity contribution >= 4 is 5.82 Å². The molecule has 1 aliphatic rings. The molecule has 0 N–H and O–H groups in total. The Morgan fingerprint density at radius 2 is 2.12 bits per heavy atom. The molecule has 1 aromatic rings. The third-order valence-corrected chi connectivity index (χ3v) is 2.63. The van der Waals surface area contributed by atoms with Crippen LogP contribution in [0.15, 0.2) is 12.3 Å². The van der Waals surface area contributed by atoms with E-state index in [-0.39, 0.29) is 17.3 Å². The predicted molar refractivity (Wildman–Crippen MR) is 63.2 cm³/mol. The highest BCUT2D eigenvalue weighted by Gasteiger charge is 2.33. The van der Waals surface area contributed by atoms with Crippen LogP contribution in [-0.2, 0) is 5.41 Å². The van der Waals surface area contributed by atoms with Gasteiger partial charge in [0, 0.05) is 6.07 Å². The van der Waals surface area contributed by atoms with Gasteiger partial charge in [-0.1, -0.05) is 20.8 Å². The van der Waals surface area contributed by atoms with E-state index in [1.807, 2.05) is 20.8 Å². The molecule has 0 spiro atoms. The molecule has 0 saturated heterocycles. The van der Waals surface area contributed by atoms with E-state index in [0.717, 1.165) is 12.8 Å². The van der Waals surface area contributed by atoms with E-state index in [1.165, 1.54) is 6.20 Å². The molecule has 92 valence electrons. The number of ether oxygens (including phenoxy) is 1. The second-order valence-corrected chi connectivity index (χ2v) is 5.33. The summed E-state index contributed by atoms with van der Waals surface area (Å²) in [5.41, 5.74) is 0.220. The molecule has 1 aromatic heterocycles. The van der Waals surface area contributed by atoms with Crippen molar-refractivity contribution in [2.75, 3.05) is 0 Å². The first-order chi connectivity index (χ1) is 7.89. The van der Waals surface area contributed by atoms with Gasteiger partial charge in [0.25, 0.3) is 0 Å².